The lowest BCUT2D eigenvalue weighted by molar-refractivity contribution is -0.0498. The molecule has 0 saturated carbocycles. The molecule has 1 aromatic carbocycles. The third kappa shape index (κ3) is 4.57. The molecule has 0 bridgehead atoms. The molecule has 6 nitrogen and oxygen atoms in total. The molecule has 0 aliphatic carbocycles. The molecule has 138 valence electrons. The maximum atomic E-state index is 14.0. The van der Waals surface area contributed by atoms with Crippen LogP contribution in [0.2, 0.25) is 0 Å². The van der Waals surface area contributed by atoms with Gasteiger partial charge in [-0.25, -0.2) is 9.37 Å². The number of nitrogens with zero attached hydrogens (tertiary/aromatic N) is 1. The van der Waals surface area contributed by atoms with Crippen LogP contribution in [0.15, 0.2) is 30.5 Å². The van der Waals surface area contributed by atoms with E-state index in [-0.39, 0.29) is 34.1 Å². The molecule has 1 aromatic heterocycles. The Hall–Kier alpha value is -2.94. The number of halogens is 3. The molecule has 26 heavy (non-hydrogen) atoms. The van der Waals surface area contributed by atoms with Crippen molar-refractivity contribution in [3.8, 4) is 5.75 Å². The lowest BCUT2D eigenvalue weighted by atomic mass is 9.95. The summed E-state index contributed by atoms with van der Waals surface area (Å²) in [5, 5.41) is 20.7. The zero-order chi connectivity index (χ0) is 19.5. The van der Waals surface area contributed by atoms with E-state index in [9.17, 15) is 23.1 Å². The van der Waals surface area contributed by atoms with Crippen LogP contribution in [0.1, 0.15) is 29.8 Å². The summed E-state index contributed by atoms with van der Waals surface area (Å²) in [5.74, 6) is -1.07. The van der Waals surface area contributed by atoms with Crippen LogP contribution in [0.25, 0.3) is 0 Å². The standard InChI is InChI=1S/C17H16F3N3O3/c1-17(2,25)14(21)11-5-9(8-24)7-22-15(11)23-13-6-10(26-16(19)20)3-4-12(13)18/h3-8,16,21,25H,1-2H3,(H,22,23). The Balaban J connectivity index is 2.46. The first-order valence-corrected chi connectivity index (χ1v) is 7.40. The van der Waals surface area contributed by atoms with Gasteiger partial charge in [0.05, 0.1) is 11.4 Å². The minimum Gasteiger partial charge on any atom is -0.435 e. The van der Waals surface area contributed by atoms with Crippen LogP contribution in [0.3, 0.4) is 0 Å². The number of carbonyl (C=O) groups excluding carboxylic acids is 1. The van der Waals surface area contributed by atoms with E-state index in [4.69, 9.17) is 5.41 Å². The van der Waals surface area contributed by atoms with Gasteiger partial charge in [0.15, 0.2) is 6.29 Å². The van der Waals surface area contributed by atoms with Crippen molar-refractivity contribution in [1.82, 2.24) is 4.98 Å². The highest BCUT2D eigenvalue weighted by atomic mass is 19.3. The molecule has 9 heteroatoms. The lowest BCUT2D eigenvalue weighted by Gasteiger charge is -2.21. The number of nitrogens with one attached hydrogen (secondary N) is 2. The van der Waals surface area contributed by atoms with Gasteiger partial charge >= 0.3 is 6.61 Å². The van der Waals surface area contributed by atoms with E-state index in [1.165, 1.54) is 26.1 Å². The topological polar surface area (TPSA) is 95.3 Å². The van der Waals surface area contributed by atoms with Crippen molar-refractivity contribution in [2.24, 2.45) is 0 Å². The fourth-order valence-electron chi connectivity index (χ4n) is 2.07. The van der Waals surface area contributed by atoms with E-state index in [1.807, 2.05) is 0 Å². The van der Waals surface area contributed by atoms with Crippen LogP contribution in [-0.2, 0) is 0 Å². The second kappa shape index (κ2) is 7.52. The number of alkyl halides is 2. The molecular formula is C17H16F3N3O3. The molecular weight excluding hydrogens is 351 g/mol. The second-order valence-corrected chi connectivity index (χ2v) is 5.86. The van der Waals surface area contributed by atoms with Gasteiger partial charge in [0.25, 0.3) is 0 Å². The quantitative estimate of drug-likeness (QED) is 0.514. The maximum Gasteiger partial charge on any atom is 0.387 e. The molecule has 0 aliphatic heterocycles. The number of aliphatic hydroxyl groups is 1. The summed E-state index contributed by atoms with van der Waals surface area (Å²) >= 11 is 0. The number of aromatic nitrogens is 1. The van der Waals surface area contributed by atoms with Crippen LogP contribution in [0.4, 0.5) is 24.7 Å². The number of hydrogen-bond acceptors (Lipinski definition) is 6. The van der Waals surface area contributed by atoms with Gasteiger partial charge in [0.1, 0.15) is 23.0 Å². The SMILES string of the molecule is CC(C)(O)C(=N)c1cc(C=O)cnc1Nc1cc(OC(F)F)ccc1F. The zero-order valence-electron chi connectivity index (χ0n) is 13.9. The van der Waals surface area contributed by atoms with Gasteiger partial charge in [0.2, 0.25) is 0 Å². The van der Waals surface area contributed by atoms with Gasteiger partial charge in [0, 0.05) is 23.4 Å². The number of aldehydes is 1. The smallest absolute Gasteiger partial charge is 0.387 e. The van der Waals surface area contributed by atoms with Crippen molar-refractivity contribution in [3.05, 3.63) is 47.4 Å². The molecule has 0 amide bonds. The van der Waals surface area contributed by atoms with Crippen molar-refractivity contribution in [2.75, 3.05) is 5.32 Å². The number of anilines is 2. The molecule has 2 rings (SSSR count). The summed E-state index contributed by atoms with van der Waals surface area (Å²) in [4.78, 5) is 14.9. The monoisotopic (exact) mass is 367 g/mol. The zero-order valence-corrected chi connectivity index (χ0v) is 13.9. The van der Waals surface area contributed by atoms with E-state index in [0.717, 1.165) is 18.2 Å². The molecule has 2 aromatic rings. The molecule has 0 spiro atoms. The van der Waals surface area contributed by atoms with Gasteiger partial charge < -0.3 is 20.6 Å². The van der Waals surface area contributed by atoms with Gasteiger partial charge in [-0.15, -0.1) is 0 Å². The van der Waals surface area contributed by atoms with Crippen LogP contribution in [0.5, 0.6) is 5.75 Å². The minimum absolute atomic E-state index is 0.0316. The summed E-state index contributed by atoms with van der Waals surface area (Å²) in [5.41, 5.74) is -1.84. The Morgan fingerprint density at radius 3 is 2.65 bits per heavy atom. The van der Waals surface area contributed by atoms with E-state index >= 15 is 0 Å². The Labute approximate surface area is 147 Å². The molecule has 0 aliphatic rings. The highest BCUT2D eigenvalue weighted by Crippen LogP contribution is 2.28. The summed E-state index contributed by atoms with van der Waals surface area (Å²) < 4.78 is 42.9. The average molecular weight is 367 g/mol. The highest BCUT2D eigenvalue weighted by Gasteiger charge is 2.25. The fourth-order valence-corrected chi connectivity index (χ4v) is 2.07. The molecule has 0 radical (unpaired) electrons. The number of ether oxygens (including phenoxy) is 1. The van der Waals surface area contributed by atoms with Crippen molar-refractivity contribution < 1.29 is 27.8 Å². The molecule has 0 unspecified atom stereocenters. The van der Waals surface area contributed by atoms with Gasteiger partial charge in [-0.05, 0) is 32.0 Å². The molecule has 1 heterocycles. The maximum absolute atomic E-state index is 14.0. The van der Waals surface area contributed by atoms with Crippen LogP contribution in [0, 0.1) is 11.2 Å². The third-order valence-corrected chi connectivity index (χ3v) is 3.34. The highest BCUT2D eigenvalue weighted by molar-refractivity contribution is 6.08. The fraction of sp³-hybridized carbons (Fsp3) is 0.235. The lowest BCUT2D eigenvalue weighted by Crippen LogP contribution is -2.32. The number of pyridine rings is 1. The summed E-state index contributed by atoms with van der Waals surface area (Å²) in [7, 11) is 0. The minimum atomic E-state index is -3.07. The summed E-state index contributed by atoms with van der Waals surface area (Å²) in [6.07, 6.45) is 1.70. The summed E-state index contributed by atoms with van der Waals surface area (Å²) in [6, 6.07) is 4.28. The van der Waals surface area contributed by atoms with E-state index in [1.54, 1.807) is 0 Å². The van der Waals surface area contributed by atoms with E-state index < -0.39 is 18.0 Å². The Morgan fingerprint density at radius 1 is 1.38 bits per heavy atom. The van der Waals surface area contributed by atoms with E-state index in [0.29, 0.717) is 6.29 Å². The first kappa shape index (κ1) is 19.4. The van der Waals surface area contributed by atoms with Crippen molar-refractivity contribution in [2.45, 2.75) is 26.1 Å². The largest absolute Gasteiger partial charge is 0.435 e. The molecule has 0 fully saturated rings. The average Bonchev–Trinajstić information content (AvgIpc) is 2.56. The second-order valence-electron chi connectivity index (χ2n) is 5.86. The number of hydrogen-bond donors (Lipinski definition) is 3. The van der Waals surface area contributed by atoms with Crippen LogP contribution in [-0.4, -0.2) is 34.3 Å². The van der Waals surface area contributed by atoms with Crippen LogP contribution >= 0.6 is 0 Å². The van der Waals surface area contributed by atoms with Crippen molar-refractivity contribution in [1.29, 1.82) is 5.41 Å². The Kier molecular flexibility index (Phi) is 5.61. The predicted molar refractivity (Wildman–Crippen MR) is 89.1 cm³/mol. The van der Waals surface area contributed by atoms with Gasteiger partial charge in [-0.1, -0.05) is 0 Å². The number of benzene rings is 1. The first-order valence-electron chi connectivity index (χ1n) is 7.40. The van der Waals surface area contributed by atoms with E-state index in [2.05, 4.69) is 15.0 Å². The predicted octanol–water partition coefficient (Wildman–Crippen LogP) is 3.52. The Bertz CT molecular complexity index is 836. The van der Waals surface area contributed by atoms with Crippen LogP contribution < -0.4 is 10.1 Å². The number of carbonyl (C=O) groups is 1. The molecule has 3 N–H and O–H groups in total. The molecule has 0 saturated heterocycles. The normalized spacial score (nSPS) is 11.3. The number of rotatable bonds is 7. The summed E-state index contributed by atoms with van der Waals surface area (Å²) in [6.45, 7) is -0.341. The molecule has 0 atom stereocenters. The van der Waals surface area contributed by atoms with Crippen molar-refractivity contribution in [3.63, 3.8) is 0 Å². The van der Waals surface area contributed by atoms with Gasteiger partial charge in [-0.2, -0.15) is 8.78 Å². The first-order chi connectivity index (χ1) is 12.1. The third-order valence-electron chi connectivity index (χ3n) is 3.34. The van der Waals surface area contributed by atoms with Gasteiger partial charge in [-0.3, -0.25) is 4.79 Å². The Morgan fingerprint density at radius 2 is 2.08 bits per heavy atom. The van der Waals surface area contributed by atoms with Crippen molar-refractivity contribution >= 4 is 23.5 Å².